The molecule has 2 aromatic carbocycles. The fourth-order valence-electron chi connectivity index (χ4n) is 3.01. The van der Waals surface area contributed by atoms with Gasteiger partial charge in [0.2, 0.25) is 0 Å². The second kappa shape index (κ2) is 7.25. The number of carbonyl (C=O) groups is 1. The molecular formula is C20H18ClN5O. The molecule has 0 spiro atoms. The highest BCUT2D eigenvalue weighted by Crippen LogP contribution is 2.21. The predicted octanol–water partition coefficient (Wildman–Crippen LogP) is 3.70. The van der Waals surface area contributed by atoms with E-state index >= 15 is 0 Å². The van der Waals surface area contributed by atoms with Gasteiger partial charge in [-0.15, -0.1) is 0 Å². The molecule has 0 aliphatic carbocycles. The van der Waals surface area contributed by atoms with Crippen LogP contribution in [0.25, 0.3) is 11.0 Å². The molecule has 0 aliphatic rings. The van der Waals surface area contributed by atoms with Crippen LogP contribution in [0.3, 0.4) is 0 Å². The summed E-state index contributed by atoms with van der Waals surface area (Å²) in [5, 5.41) is 7.61. The Labute approximate surface area is 161 Å². The largest absolute Gasteiger partial charge is 0.345 e. The van der Waals surface area contributed by atoms with E-state index in [4.69, 9.17) is 11.6 Å². The van der Waals surface area contributed by atoms with Gasteiger partial charge in [-0.2, -0.15) is 5.10 Å². The average molecular weight is 380 g/mol. The summed E-state index contributed by atoms with van der Waals surface area (Å²) in [5.41, 5.74) is 3.86. The number of halogens is 1. The number of hydrogen-bond donors (Lipinski definition) is 2. The number of aromatic amines is 1. The van der Waals surface area contributed by atoms with E-state index in [1.54, 1.807) is 11.6 Å². The molecule has 0 radical (unpaired) electrons. The number of fused-ring (bicyclic) bond motifs is 1. The summed E-state index contributed by atoms with van der Waals surface area (Å²) in [7, 11) is 0. The van der Waals surface area contributed by atoms with Crippen molar-refractivity contribution >= 4 is 28.5 Å². The molecule has 0 fully saturated rings. The number of carbonyl (C=O) groups excluding carboxylic acids is 1. The fraction of sp³-hybridized carbons (Fsp3) is 0.150. The summed E-state index contributed by atoms with van der Waals surface area (Å²) in [4.78, 5) is 20.3. The molecule has 27 heavy (non-hydrogen) atoms. The van der Waals surface area contributed by atoms with Gasteiger partial charge in [0, 0.05) is 0 Å². The van der Waals surface area contributed by atoms with Gasteiger partial charge in [0.15, 0.2) is 0 Å². The summed E-state index contributed by atoms with van der Waals surface area (Å²) in [6, 6.07) is 17.6. The zero-order valence-electron chi connectivity index (χ0n) is 14.7. The summed E-state index contributed by atoms with van der Waals surface area (Å²) in [5.74, 6) is 0.423. The van der Waals surface area contributed by atoms with Gasteiger partial charge in [-0.3, -0.25) is 4.79 Å². The van der Waals surface area contributed by atoms with Gasteiger partial charge in [0.05, 0.1) is 35.4 Å². The van der Waals surface area contributed by atoms with Crippen molar-refractivity contribution in [1.82, 2.24) is 25.1 Å². The lowest BCUT2D eigenvalue weighted by atomic mass is 10.2. The maximum absolute atomic E-state index is 12.7. The van der Waals surface area contributed by atoms with Crippen molar-refractivity contribution in [3.8, 4) is 0 Å². The number of H-pyrrole nitrogens is 1. The van der Waals surface area contributed by atoms with Crippen molar-refractivity contribution < 1.29 is 4.79 Å². The van der Waals surface area contributed by atoms with Gasteiger partial charge in [0.1, 0.15) is 11.0 Å². The van der Waals surface area contributed by atoms with Crippen LogP contribution in [0.1, 0.15) is 27.4 Å². The van der Waals surface area contributed by atoms with Crippen molar-refractivity contribution in [3.63, 3.8) is 0 Å². The van der Waals surface area contributed by atoms with E-state index in [1.165, 1.54) is 0 Å². The molecule has 0 unspecified atom stereocenters. The first kappa shape index (κ1) is 17.3. The number of para-hydroxylation sites is 2. The normalized spacial score (nSPS) is 11.0. The maximum atomic E-state index is 12.7. The van der Waals surface area contributed by atoms with E-state index in [1.807, 2.05) is 54.6 Å². The molecule has 1 amide bonds. The Morgan fingerprint density at radius 2 is 1.89 bits per heavy atom. The summed E-state index contributed by atoms with van der Waals surface area (Å²) >= 11 is 6.44. The molecule has 2 N–H and O–H groups in total. The van der Waals surface area contributed by atoms with Crippen LogP contribution in [-0.4, -0.2) is 25.7 Å². The SMILES string of the molecule is Cc1nn(Cc2ccccc2)c(Cl)c1C(=O)NCc1nc2ccccc2[nH]1. The second-order valence-corrected chi connectivity index (χ2v) is 6.64. The Hall–Kier alpha value is -3.12. The monoisotopic (exact) mass is 379 g/mol. The number of aryl methyl sites for hydroxylation is 1. The zero-order chi connectivity index (χ0) is 18.8. The van der Waals surface area contributed by atoms with Crippen molar-refractivity contribution in [2.24, 2.45) is 0 Å². The third kappa shape index (κ3) is 3.57. The first-order valence-electron chi connectivity index (χ1n) is 8.60. The topological polar surface area (TPSA) is 75.6 Å². The highest BCUT2D eigenvalue weighted by molar-refractivity contribution is 6.33. The minimum Gasteiger partial charge on any atom is -0.345 e. The van der Waals surface area contributed by atoms with Gasteiger partial charge in [-0.1, -0.05) is 54.1 Å². The van der Waals surface area contributed by atoms with Gasteiger partial charge >= 0.3 is 0 Å². The third-order valence-electron chi connectivity index (χ3n) is 4.32. The lowest BCUT2D eigenvalue weighted by molar-refractivity contribution is 0.0949. The van der Waals surface area contributed by atoms with Crippen LogP contribution >= 0.6 is 11.6 Å². The van der Waals surface area contributed by atoms with Crippen molar-refractivity contribution in [1.29, 1.82) is 0 Å². The summed E-state index contributed by atoms with van der Waals surface area (Å²) < 4.78 is 1.64. The van der Waals surface area contributed by atoms with Crippen LogP contribution in [0, 0.1) is 6.92 Å². The molecule has 0 saturated heterocycles. The Bertz CT molecular complexity index is 1070. The lowest BCUT2D eigenvalue weighted by Gasteiger charge is -2.05. The number of benzene rings is 2. The smallest absolute Gasteiger partial charge is 0.256 e. The number of hydrogen-bond acceptors (Lipinski definition) is 3. The van der Waals surface area contributed by atoms with E-state index in [9.17, 15) is 4.79 Å². The van der Waals surface area contributed by atoms with Crippen molar-refractivity contribution in [3.05, 3.63) is 82.4 Å². The first-order valence-corrected chi connectivity index (χ1v) is 8.98. The molecule has 0 aliphatic heterocycles. The minimum absolute atomic E-state index is 0.266. The highest BCUT2D eigenvalue weighted by atomic mass is 35.5. The molecule has 0 atom stereocenters. The van der Waals surface area contributed by atoms with Crippen LogP contribution in [0.2, 0.25) is 5.15 Å². The van der Waals surface area contributed by atoms with Gasteiger partial charge < -0.3 is 10.3 Å². The maximum Gasteiger partial charge on any atom is 0.256 e. The van der Waals surface area contributed by atoms with Gasteiger partial charge in [-0.05, 0) is 24.6 Å². The number of amides is 1. The van der Waals surface area contributed by atoms with E-state index in [0.717, 1.165) is 16.6 Å². The van der Waals surface area contributed by atoms with Gasteiger partial charge in [0.25, 0.3) is 5.91 Å². The minimum atomic E-state index is -0.266. The molecule has 2 aromatic heterocycles. The fourth-order valence-corrected chi connectivity index (χ4v) is 3.33. The molecular weight excluding hydrogens is 362 g/mol. The third-order valence-corrected chi connectivity index (χ3v) is 4.71. The lowest BCUT2D eigenvalue weighted by Crippen LogP contribution is -2.24. The molecule has 0 saturated carbocycles. The van der Waals surface area contributed by atoms with E-state index in [0.29, 0.717) is 28.8 Å². The summed E-state index contributed by atoms with van der Waals surface area (Å²) in [6.45, 7) is 2.58. The van der Waals surface area contributed by atoms with Crippen LogP contribution in [0.15, 0.2) is 54.6 Å². The van der Waals surface area contributed by atoms with Gasteiger partial charge in [-0.25, -0.2) is 9.67 Å². The van der Waals surface area contributed by atoms with Crippen LogP contribution in [-0.2, 0) is 13.1 Å². The molecule has 6 nitrogen and oxygen atoms in total. The molecule has 7 heteroatoms. The van der Waals surface area contributed by atoms with Crippen LogP contribution in [0.5, 0.6) is 0 Å². The number of imidazole rings is 1. The molecule has 136 valence electrons. The first-order chi connectivity index (χ1) is 13.1. The average Bonchev–Trinajstić information content (AvgIpc) is 3.21. The van der Waals surface area contributed by atoms with E-state index < -0.39 is 0 Å². The molecule has 0 bridgehead atoms. The number of aromatic nitrogens is 4. The second-order valence-electron chi connectivity index (χ2n) is 6.28. The summed E-state index contributed by atoms with van der Waals surface area (Å²) in [6.07, 6.45) is 0. The highest BCUT2D eigenvalue weighted by Gasteiger charge is 2.20. The Morgan fingerprint density at radius 3 is 2.67 bits per heavy atom. The van der Waals surface area contributed by atoms with Crippen molar-refractivity contribution in [2.45, 2.75) is 20.0 Å². The van der Waals surface area contributed by atoms with E-state index in [-0.39, 0.29) is 12.5 Å². The van der Waals surface area contributed by atoms with Crippen LogP contribution in [0.4, 0.5) is 0 Å². The molecule has 2 heterocycles. The standard InChI is InChI=1S/C20H18ClN5O/c1-13-18(19(21)26(25-13)12-14-7-3-2-4-8-14)20(27)22-11-17-23-15-9-5-6-10-16(15)24-17/h2-10H,11-12H2,1H3,(H,22,27)(H,23,24). The number of rotatable bonds is 5. The Morgan fingerprint density at radius 1 is 1.15 bits per heavy atom. The zero-order valence-corrected chi connectivity index (χ0v) is 15.5. The van der Waals surface area contributed by atoms with Crippen molar-refractivity contribution in [2.75, 3.05) is 0 Å². The number of nitrogens with one attached hydrogen (secondary N) is 2. The molecule has 4 rings (SSSR count). The number of nitrogens with zero attached hydrogens (tertiary/aromatic N) is 3. The van der Waals surface area contributed by atoms with E-state index in [2.05, 4.69) is 20.4 Å². The predicted molar refractivity (Wildman–Crippen MR) is 105 cm³/mol. The molecule has 4 aromatic rings. The Balaban J connectivity index is 1.49. The quantitative estimate of drug-likeness (QED) is 0.555. The van der Waals surface area contributed by atoms with Crippen LogP contribution < -0.4 is 5.32 Å². The Kier molecular flexibility index (Phi) is 4.64.